The minimum Gasteiger partial charge on any atom is -0.492 e. The van der Waals surface area contributed by atoms with Crippen LogP contribution in [0.3, 0.4) is 0 Å². The third kappa shape index (κ3) is 4.77. The highest BCUT2D eigenvalue weighted by atomic mass is 16.5. The van der Waals surface area contributed by atoms with Gasteiger partial charge in [-0.1, -0.05) is 63.1 Å². The smallest absolute Gasteiger partial charge is 0.307 e. The molecule has 1 N–H and O–H groups in total. The maximum absolute atomic E-state index is 13.7. The summed E-state index contributed by atoms with van der Waals surface area (Å²) in [5.74, 6) is -0.325. The van der Waals surface area contributed by atoms with Crippen molar-refractivity contribution in [2.24, 2.45) is 0 Å². The number of hydrogen-bond acceptors (Lipinski definition) is 4. The Morgan fingerprint density at radius 3 is 2.41 bits per heavy atom. The topological polar surface area (TPSA) is 76.1 Å². The molecule has 178 valence electrons. The van der Waals surface area contributed by atoms with E-state index in [-0.39, 0.29) is 12.3 Å². The van der Waals surface area contributed by atoms with E-state index in [1.807, 2.05) is 30.3 Å². The molecule has 3 aromatic carbocycles. The first-order chi connectivity index (χ1) is 16.5. The molecule has 0 saturated carbocycles. The number of aliphatic carboxylic acids is 1. The second kappa shape index (κ2) is 10.7. The minimum absolute atomic E-state index is 0.0638. The second-order valence-corrected chi connectivity index (χ2v) is 8.58. The zero-order chi connectivity index (χ0) is 24.1. The molecular weight excluding hydrogens is 430 g/mol. The lowest BCUT2D eigenvalue weighted by Gasteiger charge is -2.27. The molecule has 0 radical (unpaired) electrons. The minimum atomic E-state index is -0.890. The van der Waals surface area contributed by atoms with Gasteiger partial charge in [0.2, 0.25) is 0 Å². The van der Waals surface area contributed by atoms with Gasteiger partial charge in [-0.25, -0.2) is 0 Å². The van der Waals surface area contributed by atoms with E-state index in [1.54, 1.807) is 29.2 Å². The zero-order valence-electron chi connectivity index (χ0n) is 19.8. The van der Waals surface area contributed by atoms with Crippen molar-refractivity contribution in [3.05, 3.63) is 71.3 Å². The quantitative estimate of drug-likeness (QED) is 0.348. The van der Waals surface area contributed by atoms with Crippen LogP contribution in [0.5, 0.6) is 5.75 Å². The largest absolute Gasteiger partial charge is 0.492 e. The Morgan fingerprint density at radius 1 is 1.00 bits per heavy atom. The van der Waals surface area contributed by atoms with Crippen molar-refractivity contribution < 1.29 is 24.2 Å². The van der Waals surface area contributed by atoms with E-state index in [0.717, 1.165) is 42.0 Å². The summed E-state index contributed by atoms with van der Waals surface area (Å²) in [6, 6.07) is 16.9. The van der Waals surface area contributed by atoms with Crippen LogP contribution >= 0.6 is 0 Å². The van der Waals surface area contributed by atoms with Gasteiger partial charge >= 0.3 is 5.97 Å². The van der Waals surface area contributed by atoms with Gasteiger partial charge < -0.3 is 14.6 Å². The van der Waals surface area contributed by atoms with Crippen LogP contribution < -0.4 is 9.64 Å². The third-order valence-electron chi connectivity index (χ3n) is 6.06. The van der Waals surface area contributed by atoms with Crippen molar-refractivity contribution in [2.45, 2.75) is 52.2 Å². The molecule has 1 atom stereocenters. The van der Waals surface area contributed by atoms with Crippen molar-refractivity contribution in [3.8, 4) is 5.75 Å². The summed E-state index contributed by atoms with van der Waals surface area (Å²) in [5.41, 5.74) is 2.70. The average Bonchev–Trinajstić information content (AvgIpc) is 3.10. The van der Waals surface area contributed by atoms with E-state index in [9.17, 15) is 9.59 Å². The molecule has 1 aliphatic heterocycles. The molecule has 0 bridgehead atoms. The lowest BCUT2D eigenvalue weighted by atomic mass is 10.00. The number of unbranched alkanes of at least 4 members (excludes halogenated alkanes) is 2. The molecule has 6 nitrogen and oxygen atoms in total. The van der Waals surface area contributed by atoms with Gasteiger partial charge in [0.05, 0.1) is 24.2 Å². The summed E-state index contributed by atoms with van der Waals surface area (Å²) in [6.45, 7) is 5.30. The number of carboxylic acid groups (broad SMARTS) is 1. The number of anilines is 1. The third-order valence-corrected chi connectivity index (χ3v) is 6.06. The maximum Gasteiger partial charge on any atom is 0.307 e. The van der Waals surface area contributed by atoms with Crippen LogP contribution in [0.2, 0.25) is 0 Å². The number of benzene rings is 3. The SMILES string of the molecule is CCCCOc1c2c(cc3ccccc13)C(=O)N(c1ccc(CC(=O)O)cc1)C2OCCCC. The summed E-state index contributed by atoms with van der Waals surface area (Å²) in [7, 11) is 0. The van der Waals surface area contributed by atoms with Gasteiger partial charge in [-0.3, -0.25) is 14.5 Å². The van der Waals surface area contributed by atoms with Crippen LogP contribution in [0.15, 0.2) is 54.6 Å². The molecule has 0 aromatic heterocycles. The van der Waals surface area contributed by atoms with Crippen molar-refractivity contribution in [3.63, 3.8) is 0 Å². The number of carbonyl (C=O) groups is 2. The summed E-state index contributed by atoms with van der Waals surface area (Å²) in [6.07, 6.45) is 3.12. The van der Waals surface area contributed by atoms with E-state index in [0.29, 0.717) is 35.8 Å². The first-order valence-electron chi connectivity index (χ1n) is 12.0. The Labute approximate surface area is 200 Å². The van der Waals surface area contributed by atoms with Crippen LogP contribution in [0, 0.1) is 0 Å². The Morgan fingerprint density at radius 2 is 1.71 bits per heavy atom. The molecule has 4 rings (SSSR count). The van der Waals surface area contributed by atoms with Crippen molar-refractivity contribution in [1.29, 1.82) is 0 Å². The van der Waals surface area contributed by atoms with Gasteiger partial charge in [0.1, 0.15) is 5.75 Å². The van der Waals surface area contributed by atoms with Crippen molar-refractivity contribution in [1.82, 2.24) is 0 Å². The number of ether oxygens (including phenoxy) is 2. The Kier molecular flexibility index (Phi) is 7.48. The van der Waals surface area contributed by atoms with E-state index in [2.05, 4.69) is 13.8 Å². The molecule has 3 aromatic rings. The molecule has 0 fully saturated rings. The molecule has 1 unspecified atom stereocenters. The number of amides is 1. The highest BCUT2D eigenvalue weighted by Gasteiger charge is 2.42. The number of carboxylic acids is 1. The molecule has 0 saturated heterocycles. The average molecular weight is 462 g/mol. The Balaban J connectivity index is 1.81. The lowest BCUT2D eigenvalue weighted by Crippen LogP contribution is -2.29. The zero-order valence-corrected chi connectivity index (χ0v) is 19.8. The summed E-state index contributed by atoms with van der Waals surface area (Å²) < 4.78 is 12.6. The van der Waals surface area contributed by atoms with E-state index in [1.165, 1.54) is 0 Å². The summed E-state index contributed by atoms with van der Waals surface area (Å²) in [5, 5.41) is 11.0. The Hall–Kier alpha value is -3.38. The maximum atomic E-state index is 13.7. The number of fused-ring (bicyclic) bond motifs is 2. The van der Waals surface area contributed by atoms with E-state index < -0.39 is 12.2 Å². The molecule has 0 spiro atoms. The number of rotatable bonds is 11. The molecule has 6 heteroatoms. The second-order valence-electron chi connectivity index (χ2n) is 8.58. The van der Waals surface area contributed by atoms with Crippen molar-refractivity contribution >= 4 is 28.3 Å². The predicted molar refractivity (Wildman–Crippen MR) is 133 cm³/mol. The molecule has 1 heterocycles. The predicted octanol–water partition coefficient (Wildman–Crippen LogP) is 6.12. The van der Waals surface area contributed by atoms with Crippen LogP contribution in [0.4, 0.5) is 5.69 Å². The molecule has 1 aliphatic rings. The molecule has 0 aliphatic carbocycles. The standard InChI is InChI=1S/C28H31NO5/c1-3-5-15-33-26-22-10-8-7-9-20(22)18-23-25(26)28(34-16-6-4-2)29(27(23)32)21-13-11-19(12-14-21)17-24(30)31/h7-14,18,28H,3-6,15-17H2,1-2H3,(H,30,31). The van der Waals surface area contributed by atoms with Crippen LogP contribution in [0.25, 0.3) is 10.8 Å². The monoisotopic (exact) mass is 461 g/mol. The fourth-order valence-corrected chi connectivity index (χ4v) is 4.29. The molecule has 1 amide bonds. The number of hydrogen-bond donors (Lipinski definition) is 1. The highest BCUT2D eigenvalue weighted by molar-refractivity contribution is 6.14. The number of nitrogens with zero attached hydrogens (tertiary/aromatic N) is 1. The van der Waals surface area contributed by atoms with Gasteiger partial charge in [0, 0.05) is 17.7 Å². The fourth-order valence-electron chi connectivity index (χ4n) is 4.29. The number of carbonyl (C=O) groups excluding carboxylic acids is 1. The van der Waals surface area contributed by atoms with E-state index in [4.69, 9.17) is 14.6 Å². The van der Waals surface area contributed by atoms with E-state index >= 15 is 0 Å². The highest BCUT2D eigenvalue weighted by Crippen LogP contribution is 2.46. The van der Waals surface area contributed by atoms with Crippen LogP contribution in [-0.2, 0) is 16.0 Å². The fraction of sp³-hybridized carbons (Fsp3) is 0.357. The van der Waals surface area contributed by atoms with Gasteiger partial charge in [0.15, 0.2) is 6.23 Å². The van der Waals surface area contributed by atoms with Crippen molar-refractivity contribution in [2.75, 3.05) is 18.1 Å². The Bertz CT molecular complexity index is 1170. The van der Waals surface area contributed by atoms with Gasteiger partial charge in [-0.05, 0) is 42.0 Å². The molecular formula is C28H31NO5. The first-order valence-corrected chi connectivity index (χ1v) is 12.0. The summed E-state index contributed by atoms with van der Waals surface area (Å²) >= 11 is 0. The first kappa shape index (κ1) is 23.8. The van der Waals surface area contributed by atoms with Crippen LogP contribution in [-0.4, -0.2) is 30.2 Å². The summed E-state index contributed by atoms with van der Waals surface area (Å²) in [4.78, 5) is 26.5. The molecule has 34 heavy (non-hydrogen) atoms. The lowest BCUT2D eigenvalue weighted by molar-refractivity contribution is -0.136. The van der Waals surface area contributed by atoms with Gasteiger partial charge in [0.25, 0.3) is 5.91 Å². The van der Waals surface area contributed by atoms with Gasteiger partial charge in [-0.15, -0.1) is 0 Å². The van der Waals surface area contributed by atoms with Gasteiger partial charge in [-0.2, -0.15) is 0 Å². The normalized spacial score (nSPS) is 15.1. The van der Waals surface area contributed by atoms with Crippen LogP contribution in [0.1, 0.15) is 67.2 Å².